The van der Waals surface area contributed by atoms with Crippen LogP contribution in [0, 0.1) is 5.41 Å². The number of carbonyl (C=O) groups is 1. The molecule has 5 N–H and O–H groups in total. The maximum absolute atomic E-state index is 10.4. The smallest absolute Gasteiger partial charge is 0.174 e. The van der Waals surface area contributed by atoms with E-state index in [9.17, 15) is 10.0 Å². The fourth-order valence-electron chi connectivity index (χ4n) is 3.47. The van der Waals surface area contributed by atoms with Crippen LogP contribution in [-0.2, 0) is 4.79 Å². The minimum absolute atomic E-state index is 0.0353. The van der Waals surface area contributed by atoms with E-state index >= 15 is 0 Å². The molecule has 0 radical (unpaired) electrons. The second-order valence-corrected chi connectivity index (χ2v) is 8.09. The van der Waals surface area contributed by atoms with Gasteiger partial charge in [-0.1, -0.05) is 44.6 Å². The standard InChI is InChI=1S/C24H46N6O2/c1-3-4-5-6-7-10-13-18-30(19-14-11-8-9-12-15-21-31)20-16-17-28-24(29-32)22(25)23(26)27-2/h3,21,25,32H,1,4-20H2,2H3,(H2,26,27)(H,28,29). The number of rotatable bonds is 22. The molecule has 0 aliphatic rings. The first-order valence-electron chi connectivity index (χ1n) is 12.1. The molecule has 0 saturated heterocycles. The van der Waals surface area contributed by atoms with Crippen molar-refractivity contribution in [1.82, 2.24) is 10.4 Å². The van der Waals surface area contributed by atoms with Gasteiger partial charge in [0.2, 0.25) is 0 Å². The molecule has 0 unspecified atom stereocenters. The summed E-state index contributed by atoms with van der Waals surface area (Å²) in [6, 6.07) is 0. The molecule has 0 spiro atoms. The number of carbonyl (C=O) groups excluding carboxylic acids is 1. The van der Waals surface area contributed by atoms with Gasteiger partial charge < -0.3 is 15.4 Å². The van der Waals surface area contributed by atoms with Crippen molar-refractivity contribution in [3.63, 3.8) is 0 Å². The molecule has 0 amide bonds. The van der Waals surface area contributed by atoms with E-state index in [1.807, 2.05) is 11.6 Å². The van der Waals surface area contributed by atoms with Crippen LogP contribution in [0.5, 0.6) is 0 Å². The van der Waals surface area contributed by atoms with Crippen LogP contribution in [0.2, 0.25) is 0 Å². The summed E-state index contributed by atoms with van der Waals surface area (Å²) in [5.74, 6) is 0.0858. The fourth-order valence-corrected chi connectivity index (χ4v) is 3.47. The molecule has 0 saturated carbocycles. The Morgan fingerprint density at radius 1 is 0.969 bits per heavy atom. The van der Waals surface area contributed by atoms with E-state index < -0.39 is 0 Å². The van der Waals surface area contributed by atoms with E-state index in [0.717, 1.165) is 51.6 Å². The first-order valence-corrected chi connectivity index (χ1v) is 12.1. The lowest BCUT2D eigenvalue weighted by Gasteiger charge is -2.22. The van der Waals surface area contributed by atoms with E-state index in [-0.39, 0.29) is 17.4 Å². The second kappa shape index (κ2) is 22.1. The van der Waals surface area contributed by atoms with Crippen molar-refractivity contribution in [3.05, 3.63) is 12.7 Å². The number of aliphatic imine (C=N–C) groups is 2. The number of hydroxylamine groups is 1. The van der Waals surface area contributed by atoms with Crippen LogP contribution in [0.3, 0.4) is 0 Å². The van der Waals surface area contributed by atoms with Gasteiger partial charge in [0, 0.05) is 20.0 Å². The number of unbranched alkanes of at least 4 members (excludes halogenated alkanes) is 10. The first kappa shape index (κ1) is 29.9. The van der Waals surface area contributed by atoms with E-state index in [4.69, 9.17) is 11.1 Å². The third-order valence-electron chi connectivity index (χ3n) is 5.42. The Morgan fingerprint density at radius 3 is 2.03 bits per heavy atom. The molecule has 0 aromatic carbocycles. The Bertz CT molecular complexity index is 541. The molecule has 0 rings (SSSR count). The van der Waals surface area contributed by atoms with E-state index in [2.05, 4.69) is 21.5 Å². The van der Waals surface area contributed by atoms with Crippen LogP contribution < -0.4 is 11.2 Å². The van der Waals surface area contributed by atoms with E-state index in [0.29, 0.717) is 13.0 Å². The number of nitrogens with two attached hydrogens (primary N) is 1. The third kappa shape index (κ3) is 16.6. The molecule has 0 fully saturated rings. The van der Waals surface area contributed by atoms with Gasteiger partial charge in [-0.2, -0.15) is 0 Å². The Balaban J connectivity index is 4.39. The number of nitrogens with zero attached hydrogens (tertiary/aromatic N) is 3. The van der Waals surface area contributed by atoms with Gasteiger partial charge in [0.05, 0.1) is 0 Å². The zero-order valence-electron chi connectivity index (χ0n) is 20.2. The normalized spacial score (nSPS) is 12.2. The van der Waals surface area contributed by atoms with Crippen molar-refractivity contribution in [1.29, 1.82) is 5.41 Å². The summed E-state index contributed by atoms with van der Waals surface area (Å²) in [5, 5.41) is 17.1. The molecule has 32 heavy (non-hydrogen) atoms. The highest BCUT2D eigenvalue weighted by molar-refractivity contribution is 6.66. The molecular formula is C24H46N6O2. The average Bonchev–Trinajstić information content (AvgIpc) is 2.81. The van der Waals surface area contributed by atoms with Gasteiger partial charge in [-0.25, -0.2) is 0 Å². The number of amidine groups is 2. The molecule has 8 heteroatoms. The number of nitrogens with one attached hydrogen (secondary N) is 2. The number of hydrogen-bond donors (Lipinski definition) is 4. The highest BCUT2D eigenvalue weighted by Crippen LogP contribution is 2.09. The van der Waals surface area contributed by atoms with Crippen LogP contribution in [0.25, 0.3) is 0 Å². The molecule has 8 nitrogen and oxygen atoms in total. The minimum atomic E-state index is -0.0992. The van der Waals surface area contributed by atoms with Gasteiger partial charge in [-0.3, -0.25) is 26.1 Å². The quantitative estimate of drug-likeness (QED) is 0.0492. The van der Waals surface area contributed by atoms with Crippen molar-refractivity contribution in [2.75, 3.05) is 33.2 Å². The van der Waals surface area contributed by atoms with Crippen molar-refractivity contribution in [2.45, 2.75) is 83.5 Å². The lowest BCUT2D eigenvalue weighted by Crippen LogP contribution is -2.38. The van der Waals surface area contributed by atoms with Gasteiger partial charge in [0.15, 0.2) is 5.84 Å². The predicted octanol–water partition coefficient (Wildman–Crippen LogP) is 4.13. The molecule has 0 heterocycles. The molecule has 0 aliphatic carbocycles. The number of aldehydes is 1. The highest BCUT2D eigenvalue weighted by Gasteiger charge is 2.10. The SMILES string of the molecule is C=CCCCCCCCN(CCCCCCCC=O)CCCN=C(NO)C(=N)C(N)=NC. The first-order chi connectivity index (χ1) is 15.6. The van der Waals surface area contributed by atoms with Crippen LogP contribution in [-0.4, -0.2) is 67.0 Å². The molecule has 0 aromatic rings. The minimum Gasteiger partial charge on any atom is -0.382 e. The molecular weight excluding hydrogens is 404 g/mol. The number of hydrogen-bond acceptors (Lipinski definition) is 6. The Morgan fingerprint density at radius 2 is 1.50 bits per heavy atom. The van der Waals surface area contributed by atoms with Gasteiger partial charge in [0.1, 0.15) is 17.8 Å². The summed E-state index contributed by atoms with van der Waals surface area (Å²) in [6.07, 6.45) is 17.5. The summed E-state index contributed by atoms with van der Waals surface area (Å²) in [6.45, 7) is 7.38. The summed E-state index contributed by atoms with van der Waals surface area (Å²) in [5.41, 5.74) is 7.48. The maximum atomic E-state index is 10.4. The average molecular weight is 451 g/mol. The lowest BCUT2D eigenvalue weighted by atomic mass is 10.1. The van der Waals surface area contributed by atoms with Gasteiger partial charge >= 0.3 is 0 Å². The molecule has 0 aliphatic heterocycles. The Hall–Kier alpha value is -2.06. The molecule has 0 aromatic heterocycles. The fraction of sp³-hybridized carbons (Fsp3) is 0.750. The zero-order valence-corrected chi connectivity index (χ0v) is 20.2. The monoisotopic (exact) mass is 450 g/mol. The molecule has 0 bridgehead atoms. The summed E-state index contributed by atoms with van der Waals surface area (Å²) in [4.78, 5) is 20.9. The van der Waals surface area contributed by atoms with Crippen molar-refractivity contribution >= 4 is 23.7 Å². The summed E-state index contributed by atoms with van der Waals surface area (Å²) < 4.78 is 0. The van der Waals surface area contributed by atoms with Crippen LogP contribution in [0.15, 0.2) is 22.6 Å². The van der Waals surface area contributed by atoms with Crippen LogP contribution >= 0.6 is 0 Å². The highest BCUT2D eigenvalue weighted by atomic mass is 16.5. The van der Waals surface area contributed by atoms with Crippen LogP contribution in [0.1, 0.15) is 83.5 Å². The summed E-state index contributed by atoms with van der Waals surface area (Å²) >= 11 is 0. The summed E-state index contributed by atoms with van der Waals surface area (Å²) in [7, 11) is 1.50. The Kier molecular flexibility index (Phi) is 20.7. The van der Waals surface area contributed by atoms with E-state index in [1.165, 1.54) is 58.4 Å². The number of allylic oxidation sites excluding steroid dienone is 1. The van der Waals surface area contributed by atoms with Crippen molar-refractivity contribution < 1.29 is 10.0 Å². The van der Waals surface area contributed by atoms with Gasteiger partial charge in [-0.15, -0.1) is 6.58 Å². The maximum Gasteiger partial charge on any atom is 0.174 e. The largest absolute Gasteiger partial charge is 0.382 e. The van der Waals surface area contributed by atoms with E-state index in [1.54, 1.807) is 0 Å². The van der Waals surface area contributed by atoms with Crippen LogP contribution in [0.4, 0.5) is 0 Å². The van der Waals surface area contributed by atoms with Crippen molar-refractivity contribution in [2.24, 2.45) is 15.7 Å². The predicted molar refractivity (Wildman–Crippen MR) is 135 cm³/mol. The Labute approximate surface area is 194 Å². The third-order valence-corrected chi connectivity index (χ3v) is 5.42. The topological polar surface area (TPSA) is 127 Å². The van der Waals surface area contributed by atoms with Gasteiger partial charge in [-0.05, 0) is 58.2 Å². The van der Waals surface area contributed by atoms with Crippen molar-refractivity contribution in [3.8, 4) is 0 Å². The second-order valence-electron chi connectivity index (χ2n) is 8.09. The lowest BCUT2D eigenvalue weighted by molar-refractivity contribution is -0.107. The van der Waals surface area contributed by atoms with Gasteiger partial charge in [0.25, 0.3) is 0 Å². The zero-order chi connectivity index (χ0) is 23.9. The molecule has 0 atom stereocenters. The molecule has 184 valence electrons.